The molecule has 0 fully saturated rings. The van der Waals surface area contributed by atoms with Gasteiger partial charge in [-0.25, -0.2) is 4.98 Å². The summed E-state index contributed by atoms with van der Waals surface area (Å²) < 4.78 is 1.72. The second kappa shape index (κ2) is 6.17. The van der Waals surface area contributed by atoms with Crippen molar-refractivity contribution in [3.05, 3.63) is 47.9 Å². The van der Waals surface area contributed by atoms with Gasteiger partial charge in [-0.05, 0) is 59.7 Å². The SMILES string of the molecule is CCCc1nc(-c2ccc(Br)cc2C)[nH]c(=O)c1I. The molecule has 0 aliphatic carbocycles. The minimum atomic E-state index is -0.0589. The first-order valence-electron chi connectivity index (χ1n) is 6.08. The summed E-state index contributed by atoms with van der Waals surface area (Å²) in [6, 6.07) is 5.95. The van der Waals surface area contributed by atoms with Crippen LogP contribution in [0.2, 0.25) is 0 Å². The van der Waals surface area contributed by atoms with Crippen molar-refractivity contribution >= 4 is 38.5 Å². The van der Waals surface area contributed by atoms with E-state index in [2.05, 4.69) is 55.4 Å². The molecule has 5 heteroatoms. The van der Waals surface area contributed by atoms with Gasteiger partial charge in [-0.2, -0.15) is 0 Å². The van der Waals surface area contributed by atoms with Crippen molar-refractivity contribution in [3.8, 4) is 11.4 Å². The summed E-state index contributed by atoms with van der Waals surface area (Å²) in [5.41, 5.74) is 2.87. The van der Waals surface area contributed by atoms with Gasteiger partial charge in [0.15, 0.2) is 0 Å². The maximum absolute atomic E-state index is 12.0. The Kier molecular flexibility index (Phi) is 4.78. The van der Waals surface area contributed by atoms with E-state index < -0.39 is 0 Å². The van der Waals surface area contributed by atoms with Gasteiger partial charge in [0, 0.05) is 10.0 Å². The van der Waals surface area contributed by atoms with Crippen LogP contribution < -0.4 is 5.56 Å². The molecule has 0 bridgehead atoms. The Morgan fingerprint density at radius 2 is 2.16 bits per heavy atom. The third kappa shape index (κ3) is 3.25. The van der Waals surface area contributed by atoms with Crippen molar-refractivity contribution in [3.63, 3.8) is 0 Å². The van der Waals surface area contributed by atoms with Crippen molar-refractivity contribution < 1.29 is 0 Å². The van der Waals surface area contributed by atoms with Gasteiger partial charge < -0.3 is 4.98 Å². The van der Waals surface area contributed by atoms with Crippen molar-refractivity contribution in [2.75, 3.05) is 0 Å². The molecule has 1 aromatic heterocycles. The number of aromatic nitrogens is 2. The topological polar surface area (TPSA) is 45.8 Å². The van der Waals surface area contributed by atoms with Gasteiger partial charge in [-0.15, -0.1) is 0 Å². The summed E-state index contributed by atoms with van der Waals surface area (Å²) in [6.07, 6.45) is 1.80. The molecule has 100 valence electrons. The second-order valence-corrected chi connectivity index (χ2v) is 6.38. The van der Waals surface area contributed by atoms with Crippen LogP contribution in [0.25, 0.3) is 11.4 Å². The number of nitrogens with one attached hydrogen (secondary N) is 1. The highest BCUT2D eigenvalue weighted by Gasteiger charge is 2.11. The predicted octanol–water partition coefficient (Wildman–Crippen LogP) is 4.06. The Labute approximate surface area is 134 Å². The molecular weight excluding hydrogens is 419 g/mol. The molecule has 1 aromatic carbocycles. The summed E-state index contributed by atoms with van der Waals surface area (Å²) in [5, 5.41) is 0. The van der Waals surface area contributed by atoms with Crippen molar-refractivity contribution in [2.45, 2.75) is 26.7 Å². The summed E-state index contributed by atoms with van der Waals surface area (Å²) in [6.45, 7) is 4.10. The third-order valence-electron chi connectivity index (χ3n) is 2.86. The van der Waals surface area contributed by atoms with E-state index in [0.717, 1.165) is 34.1 Å². The average Bonchev–Trinajstić information content (AvgIpc) is 2.35. The van der Waals surface area contributed by atoms with Gasteiger partial charge in [0.05, 0.1) is 9.26 Å². The van der Waals surface area contributed by atoms with Crippen LogP contribution in [0.1, 0.15) is 24.6 Å². The Bertz CT molecular complexity index is 667. The molecule has 2 aromatic rings. The normalized spacial score (nSPS) is 10.7. The monoisotopic (exact) mass is 432 g/mol. The maximum Gasteiger partial charge on any atom is 0.264 e. The maximum atomic E-state index is 12.0. The largest absolute Gasteiger partial charge is 0.306 e. The number of aryl methyl sites for hydroxylation is 2. The number of rotatable bonds is 3. The van der Waals surface area contributed by atoms with E-state index in [0.29, 0.717) is 9.39 Å². The van der Waals surface area contributed by atoms with Gasteiger partial charge in [-0.1, -0.05) is 29.3 Å². The molecular formula is C14H14BrIN2O. The molecule has 0 atom stereocenters. The first-order chi connectivity index (χ1) is 9.02. The Morgan fingerprint density at radius 1 is 1.42 bits per heavy atom. The standard InChI is InChI=1S/C14H14BrIN2O/c1-3-4-11-12(16)14(19)18-13(17-11)10-6-5-9(15)7-8(10)2/h5-7H,3-4H2,1-2H3,(H,17,18,19). The fourth-order valence-electron chi connectivity index (χ4n) is 1.93. The lowest BCUT2D eigenvalue weighted by Crippen LogP contribution is -2.16. The predicted molar refractivity (Wildman–Crippen MR) is 89.4 cm³/mol. The van der Waals surface area contributed by atoms with E-state index >= 15 is 0 Å². The van der Waals surface area contributed by atoms with Gasteiger partial charge in [0.2, 0.25) is 0 Å². The molecule has 0 aliphatic rings. The molecule has 0 radical (unpaired) electrons. The van der Waals surface area contributed by atoms with Crippen LogP contribution in [0.3, 0.4) is 0 Å². The number of hydrogen-bond donors (Lipinski definition) is 1. The second-order valence-electron chi connectivity index (χ2n) is 4.38. The summed E-state index contributed by atoms with van der Waals surface area (Å²) >= 11 is 5.51. The summed E-state index contributed by atoms with van der Waals surface area (Å²) in [7, 11) is 0. The molecule has 0 unspecified atom stereocenters. The fourth-order valence-corrected chi connectivity index (χ4v) is 2.93. The van der Waals surface area contributed by atoms with Crippen LogP contribution in [-0.4, -0.2) is 9.97 Å². The van der Waals surface area contributed by atoms with Gasteiger partial charge in [0.25, 0.3) is 5.56 Å². The zero-order valence-corrected chi connectivity index (χ0v) is 14.5. The van der Waals surface area contributed by atoms with Crippen molar-refractivity contribution in [1.29, 1.82) is 0 Å². The molecule has 1 heterocycles. The molecule has 1 N–H and O–H groups in total. The highest BCUT2D eigenvalue weighted by Crippen LogP contribution is 2.23. The van der Waals surface area contributed by atoms with Gasteiger partial charge >= 0.3 is 0 Å². The number of H-pyrrole nitrogens is 1. The van der Waals surface area contributed by atoms with E-state index in [1.165, 1.54) is 0 Å². The minimum absolute atomic E-state index is 0.0589. The Hall–Kier alpha value is -0.690. The highest BCUT2D eigenvalue weighted by molar-refractivity contribution is 14.1. The van der Waals surface area contributed by atoms with Gasteiger partial charge in [0.1, 0.15) is 5.82 Å². The zero-order chi connectivity index (χ0) is 14.0. The van der Waals surface area contributed by atoms with Crippen molar-refractivity contribution in [1.82, 2.24) is 9.97 Å². The lowest BCUT2D eigenvalue weighted by atomic mass is 10.1. The van der Waals surface area contributed by atoms with Gasteiger partial charge in [-0.3, -0.25) is 4.79 Å². The first kappa shape index (κ1) is 14.7. The molecule has 0 saturated heterocycles. The molecule has 0 amide bonds. The van der Waals surface area contributed by atoms with E-state index in [1.54, 1.807) is 0 Å². The molecule has 0 aliphatic heterocycles. The minimum Gasteiger partial charge on any atom is -0.306 e. The van der Waals surface area contributed by atoms with Crippen LogP contribution in [0, 0.1) is 10.5 Å². The van der Waals surface area contributed by atoms with E-state index in [-0.39, 0.29) is 5.56 Å². The van der Waals surface area contributed by atoms with E-state index in [1.807, 2.05) is 25.1 Å². The fraction of sp³-hybridized carbons (Fsp3) is 0.286. The van der Waals surface area contributed by atoms with Crippen LogP contribution in [0.5, 0.6) is 0 Å². The Balaban J connectivity index is 2.59. The zero-order valence-electron chi connectivity index (χ0n) is 10.8. The van der Waals surface area contributed by atoms with Crippen LogP contribution in [0.15, 0.2) is 27.5 Å². The number of hydrogen-bond acceptors (Lipinski definition) is 2. The quantitative estimate of drug-likeness (QED) is 0.743. The highest BCUT2D eigenvalue weighted by atomic mass is 127. The summed E-state index contributed by atoms with van der Waals surface area (Å²) in [4.78, 5) is 19.4. The summed E-state index contributed by atoms with van der Waals surface area (Å²) in [5.74, 6) is 0.652. The molecule has 3 nitrogen and oxygen atoms in total. The van der Waals surface area contributed by atoms with E-state index in [4.69, 9.17) is 0 Å². The van der Waals surface area contributed by atoms with Crippen LogP contribution in [0.4, 0.5) is 0 Å². The molecule has 0 saturated carbocycles. The number of halogens is 2. The van der Waals surface area contributed by atoms with E-state index in [9.17, 15) is 4.79 Å². The van der Waals surface area contributed by atoms with Crippen molar-refractivity contribution in [2.24, 2.45) is 0 Å². The molecule has 19 heavy (non-hydrogen) atoms. The first-order valence-corrected chi connectivity index (χ1v) is 7.95. The Morgan fingerprint density at radius 3 is 2.79 bits per heavy atom. The molecule has 0 spiro atoms. The third-order valence-corrected chi connectivity index (χ3v) is 4.47. The lowest BCUT2D eigenvalue weighted by molar-refractivity contribution is 0.860. The smallest absolute Gasteiger partial charge is 0.264 e. The lowest BCUT2D eigenvalue weighted by Gasteiger charge is -2.08. The number of aromatic amines is 1. The number of benzene rings is 1. The average molecular weight is 433 g/mol. The van der Waals surface area contributed by atoms with Crippen LogP contribution in [-0.2, 0) is 6.42 Å². The van der Waals surface area contributed by atoms with Crippen LogP contribution >= 0.6 is 38.5 Å². The molecule has 2 rings (SSSR count). The number of nitrogens with zero attached hydrogens (tertiary/aromatic N) is 1.